The Morgan fingerprint density at radius 2 is 2.00 bits per heavy atom. The zero-order valence-electron chi connectivity index (χ0n) is 8.99. The molecule has 0 heterocycles. The Balaban J connectivity index is 2.70. The normalized spacial score (nSPS) is 10.5. The molecule has 76 valence electrons. The van der Waals surface area contributed by atoms with Crippen molar-refractivity contribution >= 4 is 6.29 Å². The molecule has 0 N–H and O–H groups in total. The fourth-order valence-electron chi connectivity index (χ4n) is 1.70. The highest BCUT2D eigenvalue weighted by molar-refractivity contribution is 5.74. The van der Waals surface area contributed by atoms with Crippen LogP contribution in [0.25, 0.3) is 0 Å². The van der Waals surface area contributed by atoms with Crippen LogP contribution in [0.4, 0.5) is 0 Å². The van der Waals surface area contributed by atoms with Gasteiger partial charge in [-0.2, -0.15) is 0 Å². The second kappa shape index (κ2) is 5.58. The average molecular weight is 190 g/mol. The van der Waals surface area contributed by atoms with Gasteiger partial charge in [0, 0.05) is 5.56 Å². The lowest BCUT2D eigenvalue weighted by atomic mass is 9.94. The molecule has 1 aromatic rings. The van der Waals surface area contributed by atoms with E-state index in [1.165, 1.54) is 18.4 Å². The molecule has 0 aliphatic carbocycles. The quantitative estimate of drug-likeness (QED) is 0.650. The largest absolute Gasteiger partial charge is 0.298 e. The maximum atomic E-state index is 10.6. The molecule has 0 aliphatic heterocycles. The van der Waals surface area contributed by atoms with Crippen molar-refractivity contribution < 1.29 is 4.79 Å². The molecule has 0 saturated heterocycles. The molecule has 0 bridgehead atoms. The third kappa shape index (κ3) is 2.99. The van der Waals surface area contributed by atoms with E-state index in [1.807, 2.05) is 18.2 Å². The van der Waals surface area contributed by atoms with Crippen LogP contribution in [0.15, 0.2) is 24.3 Å². The summed E-state index contributed by atoms with van der Waals surface area (Å²) in [5.41, 5.74) is 2.07. The van der Waals surface area contributed by atoms with Gasteiger partial charge in [0.1, 0.15) is 6.29 Å². The van der Waals surface area contributed by atoms with Gasteiger partial charge in [-0.1, -0.05) is 44.9 Å². The zero-order valence-corrected chi connectivity index (χ0v) is 8.99. The predicted octanol–water partition coefficient (Wildman–Crippen LogP) is 3.48. The molecule has 0 aromatic heterocycles. The van der Waals surface area contributed by atoms with Crippen molar-refractivity contribution in [2.75, 3.05) is 0 Å². The molecule has 1 nitrogen and oxygen atoms in total. The maximum absolute atomic E-state index is 10.6. The minimum absolute atomic E-state index is 0.747. The first-order valence-electron chi connectivity index (χ1n) is 5.34. The molecule has 0 atom stereocenters. The van der Waals surface area contributed by atoms with Gasteiger partial charge in [0.05, 0.1) is 0 Å². The van der Waals surface area contributed by atoms with E-state index in [-0.39, 0.29) is 0 Å². The van der Waals surface area contributed by atoms with Crippen molar-refractivity contribution in [3.63, 3.8) is 0 Å². The van der Waals surface area contributed by atoms with Crippen molar-refractivity contribution in [1.82, 2.24) is 0 Å². The number of hydrogen-bond acceptors (Lipinski definition) is 1. The first-order valence-corrected chi connectivity index (χ1v) is 5.34. The lowest BCUT2D eigenvalue weighted by Gasteiger charge is -2.11. The molecular weight excluding hydrogens is 172 g/mol. The monoisotopic (exact) mass is 190 g/mol. The molecule has 0 unspecified atom stereocenters. The second-order valence-corrected chi connectivity index (χ2v) is 3.75. The third-order valence-corrected chi connectivity index (χ3v) is 2.77. The highest BCUT2D eigenvalue weighted by Crippen LogP contribution is 2.15. The second-order valence-electron chi connectivity index (χ2n) is 3.75. The van der Waals surface area contributed by atoms with Crippen LogP contribution in [0, 0.1) is 5.92 Å². The first-order chi connectivity index (χ1) is 6.80. The van der Waals surface area contributed by atoms with E-state index in [4.69, 9.17) is 0 Å². The van der Waals surface area contributed by atoms with Crippen molar-refractivity contribution in [3.05, 3.63) is 35.4 Å². The van der Waals surface area contributed by atoms with E-state index < -0.39 is 0 Å². The van der Waals surface area contributed by atoms with Crippen LogP contribution in [0.1, 0.15) is 42.6 Å². The molecule has 1 aromatic carbocycles. The predicted molar refractivity (Wildman–Crippen MR) is 59.6 cm³/mol. The van der Waals surface area contributed by atoms with Gasteiger partial charge in [0.2, 0.25) is 0 Å². The summed E-state index contributed by atoms with van der Waals surface area (Å²) in [6.07, 6.45) is 4.43. The Morgan fingerprint density at radius 3 is 2.57 bits per heavy atom. The molecule has 0 amide bonds. The third-order valence-electron chi connectivity index (χ3n) is 2.77. The number of carbonyl (C=O) groups excluding carboxylic acids is 1. The molecular formula is C13H18O. The molecule has 0 radical (unpaired) electrons. The fourth-order valence-corrected chi connectivity index (χ4v) is 1.70. The van der Waals surface area contributed by atoms with Gasteiger partial charge in [0.15, 0.2) is 0 Å². The SMILES string of the molecule is CCC(CC)Cc1cccc(C=O)c1. The van der Waals surface area contributed by atoms with Gasteiger partial charge in [0.25, 0.3) is 0 Å². The highest BCUT2D eigenvalue weighted by Gasteiger charge is 2.04. The molecule has 0 spiro atoms. The minimum Gasteiger partial charge on any atom is -0.298 e. The molecule has 0 aliphatic rings. The van der Waals surface area contributed by atoms with E-state index in [2.05, 4.69) is 19.9 Å². The maximum Gasteiger partial charge on any atom is 0.150 e. The average Bonchev–Trinajstić information content (AvgIpc) is 2.26. The summed E-state index contributed by atoms with van der Waals surface area (Å²) in [4.78, 5) is 10.6. The number of carbonyl (C=O) groups is 1. The molecule has 0 saturated carbocycles. The van der Waals surface area contributed by atoms with Crippen molar-refractivity contribution in [3.8, 4) is 0 Å². The summed E-state index contributed by atoms with van der Waals surface area (Å²) in [5.74, 6) is 0.747. The van der Waals surface area contributed by atoms with Crippen molar-refractivity contribution in [1.29, 1.82) is 0 Å². The number of rotatable bonds is 5. The van der Waals surface area contributed by atoms with Gasteiger partial charge in [-0.05, 0) is 24.0 Å². The molecule has 14 heavy (non-hydrogen) atoms. The van der Waals surface area contributed by atoms with Crippen LogP contribution < -0.4 is 0 Å². The summed E-state index contributed by atoms with van der Waals surface area (Å²) >= 11 is 0. The van der Waals surface area contributed by atoms with Crippen molar-refractivity contribution in [2.24, 2.45) is 5.92 Å². The summed E-state index contributed by atoms with van der Waals surface area (Å²) in [6.45, 7) is 4.44. The molecule has 1 heteroatoms. The van der Waals surface area contributed by atoms with Gasteiger partial charge >= 0.3 is 0 Å². The molecule has 0 fully saturated rings. The van der Waals surface area contributed by atoms with E-state index in [0.717, 1.165) is 24.2 Å². The number of benzene rings is 1. The van der Waals surface area contributed by atoms with Crippen LogP contribution in [0.2, 0.25) is 0 Å². The highest BCUT2D eigenvalue weighted by atomic mass is 16.1. The topological polar surface area (TPSA) is 17.1 Å². The lowest BCUT2D eigenvalue weighted by molar-refractivity contribution is 0.112. The zero-order chi connectivity index (χ0) is 10.4. The minimum atomic E-state index is 0.747. The van der Waals surface area contributed by atoms with Gasteiger partial charge < -0.3 is 0 Å². The first kappa shape index (κ1) is 11.0. The summed E-state index contributed by atoms with van der Waals surface area (Å²) in [5, 5.41) is 0. The Hall–Kier alpha value is -1.11. The Morgan fingerprint density at radius 1 is 1.29 bits per heavy atom. The van der Waals surface area contributed by atoms with E-state index in [1.54, 1.807) is 0 Å². The Kier molecular flexibility index (Phi) is 4.37. The summed E-state index contributed by atoms with van der Waals surface area (Å²) < 4.78 is 0. The van der Waals surface area contributed by atoms with E-state index in [0.29, 0.717) is 0 Å². The Labute approximate surface area is 86.1 Å². The van der Waals surface area contributed by atoms with Gasteiger partial charge in [-0.25, -0.2) is 0 Å². The van der Waals surface area contributed by atoms with Crippen LogP contribution >= 0.6 is 0 Å². The van der Waals surface area contributed by atoms with Crippen molar-refractivity contribution in [2.45, 2.75) is 33.1 Å². The van der Waals surface area contributed by atoms with Crippen LogP contribution in [-0.4, -0.2) is 6.29 Å². The smallest absolute Gasteiger partial charge is 0.150 e. The van der Waals surface area contributed by atoms with Gasteiger partial charge in [-0.3, -0.25) is 4.79 Å². The molecule has 1 rings (SSSR count). The summed E-state index contributed by atoms with van der Waals surface area (Å²) in [6, 6.07) is 7.90. The van der Waals surface area contributed by atoms with E-state index >= 15 is 0 Å². The summed E-state index contributed by atoms with van der Waals surface area (Å²) in [7, 11) is 0. The lowest BCUT2D eigenvalue weighted by Crippen LogP contribution is -2.01. The fraction of sp³-hybridized carbons (Fsp3) is 0.462. The van der Waals surface area contributed by atoms with Gasteiger partial charge in [-0.15, -0.1) is 0 Å². The van der Waals surface area contributed by atoms with E-state index in [9.17, 15) is 4.79 Å². The standard InChI is InChI=1S/C13H18O/c1-3-11(4-2)8-12-6-5-7-13(9-12)10-14/h5-7,9-11H,3-4,8H2,1-2H3. The van der Waals surface area contributed by atoms with Crippen LogP contribution in [0.3, 0.4) is 0 Å². The number of hydrogen-bond donors (Lipinski definition) is 0. The number of aldehydes is 1. The Bertz CT molecular complexity index is 287. The van der Waals surface area contributed by atoms with Crippen LogP contribution in [0.5, 0.6) is 0 Å². The van der Waals surface area contributed by atoms with Crippen LogP contribution in [-0.2, 0) is 6.42 Å².